The average molecular weight is 264 g/mol. The van der Waals surface area contributed by atoms with Crippen LogP contribution in [0.1, 0.15) is 12.6 Å². The molecular formula is C13H14ClN3O. The molecule has 0 amide bonds. The minimum absolute atomic E-state index is 0.453. The van der Waals surface area contributed by atoms with Crippen LogP contribution in [-0.2, 0) is 6.42 Å². The van der Waals surface area contributed by atoms with Crippen molar-refractivity contribution in [3.05, 3.63) is 35.0 Å². The van der Waals surface area contributed by atoms with Crippen LogP contribution in [0.25, 0.3) is 11.4 Å². The number of hydrogen-bond donors (Lipinski definition) is 1. The number of anilines is 1. The maximum absolute atomic E-state index is 5.93. The van der Waals surface area contributed by atoms with Gasteiger partial charge in [0.2, 0.25) is 0 Å². The number of ether oxygens (including phenoxy) is 1. The van der Waals surface area contributed by atoms with Crippen molar-refractivity contribution >= 4 is 17.4 Å². The Balaban J connectivity index is 2.57. The molecule has 2 N–H and O–H groups in total. The fourth-order valence-electron chi connectivity index (χ4n) is 1.67. The molecule has 2 rings (SSSR count). The molecule has 0 saturated heterocycles. The van der Waals surface area contributed by atoms with Gasteiger partial charge < -0.3 is 10.5 Å². The van der Waals surface area contributed by atoms with E-state index in [0.29, 0.717) is 22.4 Å². The third-order valence-corrected chi connectivity index (χ3v) is 2.80. The van der Waals surface area contributed by atoms with Crippen LogP contribution in [0.3, 0.4) is 0 Å². The van der Waals surface area contributed by atoms with Crippen LogP contribution in [0, 0.1) is 0 Å². The molecule has 2 aromatic rings. The minimum atomic E-state index is 0.453. The lowest BCUT2D eigenvalue weighted by Gasteiger charge is -2.09. The van der Waals surface area contributed by atoms with Gasteiger partial charge in [-0.3, -0.25) is 0 Å². The summed E-state index contributed by atoms with van der Waals surface area (Å²) in [6.45, 7) is 2.02. The van der Waals surface area contributed by atoms with Crippen molar-refractivity contribution in [3.63, 3.8) is 0 Å². The molecule has 94 valence electrons. The molecule has 0 atom stereocenters. The average Bonchev–Trinajstić information content (AvgIpc) is 2.37. The van der Waals surface area contributed by atoms with Gasteiger partial charge in [-0.2, -0.15) is 0 Å². The van der Waals surface area contributed by atoms with Crippen LogP contribution < -0.4 is 10.5 Å². The monoisotopic (exact) mass is 263 g/mol. The van der Waals surface area contributed by atoms with Gasteiger partial charge in [-0.15, -0.1) is 0 Å². The van der Waals surface area contributed by atoms with Gasteiger partial charge >= 0.3 is 0 Å². The van der Waals surface area contributed by atoms with Gasteiger partial charge in [-0.25, -0.2) is 9.97 Å². The number of rotatable bonds is 3. The van der Waals surface area contributed by atoms with Crippen molar-refractivity contribution in [2.45, 2.75) is 13.3 Å². The highest BCUT2D eigenvalue weighted by Gasteiger charge is 2.11. The van der Waals surface area contributed by atoms with Gasteiger partial charge in [0.15, 0.2) is 5.82 Å². The number of benzene rings is 1. The summed E-state index contributed by atoms with van der Waals surface area (Å²) in [6.07, 6.45) is 0.801. The molecule has 1 aromatic heterocycles. The molecule has 0 spiro atoms. The second-order valence-corrected chi connectivity index (χ2v) is 4.24. The van der Waals surface area contributed by atoms with Crippen molar-refractivity contribution in [2.24, 2.45) is 0 Å². The van der Waals surface area contributed by atoms with Gasteiger partial charge in [-0.1, -0.05) is 18.5 Å². The minimum Gasteiger partial charge on any atom is -0.496 e. The summed E-state index contributed by atoms with van der Waals surface area (Å²) in [4.78, 5) is 8.68. The summed E-state index contributed by atoms with van der Waals surface area (Å²) in [6, 6.07) is 7.11. The lowest BCUT2D eigenvalue weighted by Crippen LogP contribution is -2.00. The van der Waals surface area contributed by atoms with E-state index in [0.717, 1.165) is 17.7 Å². The summed E-state index contributed by atoms with van der Waals surface area (Å²) in [5.74, 6) is 1.64. The molecule has 0 saturated carbocycles. The maximum atomic E-state index is 5.93. The third-order valence-electron chi connectivity index (χ3n) is 2.57. The summed E-state index contributed by atoms with van der Waals surface area (Å²) in [5, 5.41) is 0.607. The van der Waals surface area contributed by atoms with Gasteiger partial charge in [0, 0.05) is 16.8 Å². The van der Waals surface area contributed by atoms with Gasteiger partial charge in [0.05, 0.1) is 12.7 Å². The quantitative estimate of drug-likeness (QED) is 0.925. The van der Waals surface area contributed by atoms with Crippen LogP contribution in [0.5, 0.6) is 5.75 Å². The predicted octanol–water partition coefficient (Wildman–Crippen LogP) is 2.95. The zero-order chi connectivity index (χ0) is 13.1. The first-order valence-corrected chi connectivity index (χ1v) is 5.99. The number of methoxy groups -OCH3 is 1. The molecule has 1 aromatic carbocycles. The van der Waals surface area contributed by atoms with Crippen molar-refractivity contribution in [1.29, 1.82) is 0 Å². The molecule has 5 heteroatoms. The Kier molecular flexibility index (Phi) is 3.67. The molecule has 0 bridgehead atoms. The van der Waals surface area contributed by atoms with Crippen molar-refractivity contribution < 1.29 is 4.74 Å². The van der Waals surface area contributed by atoms with E-state index >= 15 is 0 Å². The Morgan fingerprint density at radius 2 is 2.06 bits per heavy atom. The van der Waals surface area contributed by atoms with Crippen LogP contribution in [0.15, 0.2) is 24.3 Å². The highest BCUT2D eigenvalue weighted by Crippen LogP contribution is 2.30. The lowest BCUT2D eigenvalue weighted by atomic mass is 10.1. The first-order valence-electron chi connectivity index (χ1n) is 5.61. The smallest absolute Gasteiger partial charge is 0.165 e. The number of halogens is 1. The van der Waals surface area contributed by atoms with E-state index in [9.17, 15) is 0 Å². The Morgan fingerprint density at radius 1 is 1.28 bits per heavy atom. The number of aryl methyl sites for hydroxylation is 1. The van der Waals surface area contributed by atoms with Gasteiger partial charge in [0.1, 0.15) is 11.6 Å². The van der Waals surface area contributed by atoms with E-state index in [4.69, 9.17) is 22.1 Å². The summed E-state index contributed by atoms with van der Waals surface area (Å²) >= 11 is 5.93. The fraction of sp³-hybridized carbons (Fsp3) is 0.231. The van der Waals surface area contributed by atoms with Crippen LogP contribution >= 0.6 is 11.6 Å². The highest BCUT2D eigenvalue weighted by atomic mass is 35.5. The third kappa shape index (κ3) is 2.54. The zero-order valence-corrected chi connectivity index (χ0v) is 11.0. The van der Waals surface area contributed by atoms with Crippen LogP contribution in [0.4, 0.5) is 5.82 Å². The second-order valence-electron chi connectivity index (χ2n) is 3.81. The molecule has 0 fully saturated rings. The van der Waals surface area contributed by atoms with Gasteiger partial charge in [-0.05, 0) is 24.6 Å². The van der Waals surface area contributed by atoms with E-state index in [-0.39, 0.29) is 0 Å². The van der Waals surface area contributed by atoms with E-state index in [1.54, 1.807) is 25.3 Å². The fourth-order valence-corrected chi connectivity index (χ4v) is 1.83. The van der Waals surface area contributed by atoms with Crippen LogP contribution in [0.2, 0.25) is 5.02 Å². The Hall–Kier alpha value is -1.81. The lowest BCUT2D eigenvalue weighted by molar-refractivity contribution is 0.416. The molecular weight excluding hydrogens is 250 g/mol. The number of nitrogens with two attached hydrogens (primary N) is 1. The SMILES string of the molecule is CCc1cc(N)nc(-c2ccc(Cl)cc2OC)n1. The molecule has 18 heavy (non-hydrogen) atoms. The number of hydrogen-bond acceptors (Lipinski definition) is 4. The molecule has 0 unspecified atom stereocenters. The van der Waals surface area contributed by atoms with E-state index < -0.39 is 0 Å². The predicted molar refractivity (Wildman–Crippen MR) is 72.8 cm³/mol. The Labute approximate surface area is 111 Å². The van der Waals surface area contributed by atoms with Crippen molar-refractivity contribution in [1.82, 2.24) is 9.97 Å². The Morgan fingerprint density at radius 3 is 2.72 bits per heavy atom. The number of aromatic nitrogens is 2. The van der Waals surface area contributed by atoms with E-state index in [1.807, 2.05) is 13.0 Å². The van der Waals surface area contributed by atoms with E-state index in [1.165, 1.54) is 0 Å². The summed E-state index contributed by atoms with van der Waals surface area (Å²) in [5.41, 5.74) is 7.45. The van der Waals surface area contributed by atoms with Crippen molar-refractivity contribution in [3.8, 4) is 17.1 Å². The molecule has 0 aliphatic rings. The first kappa shape index (κ1) is 12.6. The second kappa shape index (κ2) is 5.23. The molecule has 0 radical (unpaired) electrons. The number of nitrogen functional groups attached to an aromatic ring is 1. The van der Waals surface area contributed by atoms with Gasteiger partial charge in [0.25, 0.3) is 0 Å². The molecule has 0 aliphatic heterocycles. The summed E-state index contributed by atoms with van der Waals surface area (Å²) < 4.78 is 5.29. The topological polar surface area (TPSA) is 61.0 Å². The summed E-state index contributed by atoms with van der Waals surface area (Å²) in [7, 11) is 1.59. The normalized spacial score (nSPS) is 10.4. The maximum Gasteiger partial charge on any atom is 0.165 e. The zero-order valence-electron chi connectivity index (χ0n) is 10.3. The highest BCUT2D eigenvalue weighted by molar-refractivity contribution is 6.30. The molecule has 4 nitrogen and oxygen atoms in total. The Bertz CT molecular complexity index is 572. The van der Waals surface area contributed by atoms with Crippen LogP contribution in [-0.4, -0.2) is 17.1 Å². The largest absolute Gasteiger partial charge is 0.496 e. The number of nitrogens with zero attached hydrogens (tertiary/aromatic N) is 2. The van der Waals surface area contributed by atoms with E-state index in [2.05, 4.69) is 9.97 Å². The standard InChI is InChI=1S/C13H14ClN3O/c1-3-9-7-12(15)17-13(16-9)10-5-4-8(14)6-11(10)18-2/h4-7H,3H2,1-2H3,(H2,15,16,17). The molecule has 0 aliphatic carbocycles. The molecule has 1 heterocycles. The van der Waals surface area contributed by atoms with Crippen molar-refractivity contribution in [2.75, 3.05) is 12.8 Å². The first-order chi connectivity index (χ1) is 8.63.